The lowest BCUT2D eigenvalue weighted by Gasteiger charge is -2.33. The van der Waals surface area contributed by atoms with Gasteiger partial charge in [0.1, 0.15) is 5.75 Å². The zero-order chi connectivity index (χ0) is 16.9. The summed E-state index contributed by atoms with van der Waals surface area (Å²) in [5.74, 6) is 1.25. The Morgan fingerprint density at radius 3 is 2.13 bits per heavy atom. The first kappa shape index (κ1) is 17.3. The van der Waals surface area contributed by atoms with Crippen LogP contribution < -0.4 is 0 Å². The molecule has 0 saturated heterocycles. The number of hydrogen-bond donors (Lipinski definition) is 1. The van der Waals surface area contributed by atoms with Crippen molar-refractivity contribution in [3.63, 3.8) is 0 Å². The lowest BCUT2D eigenvalue weighted by atomic mass is 9.72. The van der Waals surface area contributed by atoms with E-state index in [0.717, 1.165) is 16.7 Å². The number of hydrogen-bond acceptors (Lipinski definition) is 2. The molecule has 1 N–H and O–H groups in total. The normalized spacial score (nSPS) is 15.6. The first-order valence-electron chi connectivity index (χ1n) is 8.53. The van der Waals surface area contributed by atoms with Gasteiger partial charge in [-0.2, -0.15) is 5.26 Å². The second-order valence-corrected chi connectivity index (χ2v) is 7.56. The zero-order valence-electron chi connectivity index (χ0n) is 14.5. The van der Waals surface area contributed by atoms with Crippen LogP contribution in [0.1, 0.15) is 58.4 Å². The van der Waals surface area contributed by atoms with Crippen molar-refractivity contribution in [1.82, 2.24) is 0 Å². The van der Waals surface area contributed by atoms with Crippen LogP contribution in [0, 0.1) is 22.7 Å². The molecular weight excluding hydrogens is 282 g/mol. The summed E-state index contributed by atoms with van der Waals surface area (Å²) in [6.45, 7) is 7.13. The molecule has 1 fully saturated rings. The van der Waals surface area contributed by atoms with Gasteiger partial charge in [0.2, 0.25) is 0 Å². The number of fused-ring (bicyclic) bond motifs is 1. The van der Waals surface area contributed by atoms with E-state index in [1.165, 1.54) is 32.1 Å². The third-order valence-corrected chi connectivity index (χ3v) is 4.78. The molecule has 0 bridgehead atoms. The van der Waals surface area contributed by atoms with Gasteiger partial charge < -0.3 is 5.11 Å². The molecule has 2 nitrogen and oxygen atoms in total. The summed E-state index contributed by atoms with van der Waals surface area (Å²) >= 11 is 0. The highest BCUT2D eigenvalue weighted by Crippen LogP contribution is 2.37. The summed E-state index contributed by atoms with van der Waals surface area (Å²) in [7, 11) is 0. The average molecular weight is 309 g/mol. The number of phenols is 1. The van der Waals surface area contributed by atoms with E-state index in [-0.39, 0.29) is 5.75 Å². The zero-order valence-corrected chi connectivity index (χ0v) is 14.5. The highest BCUT2D eigenvalue weighted by molar-refractivity contribution is 5.84. The first-order chi connectivity index (χ1) is 10.9. The van der Waals surface area contributed by atoms with Crippen LogP contribution in [0.15, 0.2) is 36.4 Å². The molecule has 0 heterocycles. The molecule has 23 heavy (non-hydrogen) atoms. The Morgan fingerprint density at radius 1 is 0.957 bits per heavy atom. The predicted molar refractivity (Wildman–Crippen MR) is 96.4 cm³/mol. The molecule has 1 aliphatic carbocycles. The van der Waals surface area contributed by atoms with Crippen molar-refractivity contribution in [2.75, 3.05) is 0 Å². The maximum atomic E-state index is 9.19. The van der Waals surface area contributed by atoms with Crippen molar-refractivity contribution in [3.8, 4) is 11.8 Å². The minimum absolute atomic E-state index is 0.247. The van der Waals surface area contributed by atoms with Crippen molar-refractivity contribution in [3.05, 3.63) is 42.0 Å². The largest absolute Gasteiger partial charge is 0.508 e. The molecule has 0 aliphatic heterocycles. The Bertz CT molecular complexity index is 685. The van der Waals surface area contributed by atoms with Crippen molar-refractivity contribution >= 4 is 10.8 Å². The van der Waals surface area contributed by atoms with Gasteiger partial charge in [0.05, 0.1) is 11.6 Å². The molecule has 2 heteroatoms. The molecule has 0 aromatic heterocycles. The van der Waals surface area contributed by atoms with Gasteiger partial charge in [-0.05, 0) is 59.2 Å². The Labute approximate surface area is 139 Å². The van der Waals surface area contributed by atoms with E-state index in [1.54, 1.807) is 30.3 Å². The third-order valence-electron chi connectivity index (χ3n) is 4.78. The van der Waals surface area contributed by atoms with E-state index >= 15 is 0 Å². The summed E-state index contributed by atoms with van der Waals surface area (Å²) < 4.78 is 0. The van der Waals surface area contributed by atoms with Gasteiger partial charge in [0, 0.05) is 0 Å². The van der Waals surface area contributed by atoms with Crippen molar-refractivity contribution < 1.29 is 5.11 Å². The predicted octanol–water partition coefficient (Wildman–Crippen LogP) is 6.03. The molecular formula is C21H27NO. The molecule has 0 atom stereocenters. The van der Waals surface area contributed by atoms with Gasteiger partial charge in [-0.1, -0.05) is 52.2 Å². The molecule has 1 saturated carbocycles. The maximum Gasteiger partial charge on any atom is 0.116 e. The fraction of sp³-hybridized carbons (Fsp3) is 0.476. The Balaban J connectivity index is 0.000000174. The Kier molecular flexibility index (Phi) is 5.66. The molecule has 1 aliphatic rings. The topological polar surface area (TPSA) is 44.0 Å². The van der Waals surface area contributed by atoms with Gasteiger partial charge in [-0.15, -0.1) is 0 Å². The van der Waals surface area contributed by atoms with Crippen LogP contribution in [0.4, 0.5) is 0 Å². The van der Waals surface area contributed by atoms with E-state index in [9.17, 15) is 5.11 Å². The van der Waals surface area contributed by atoms with Crippen LogP contribution in [0.2, 0.25) is 0 Å². The maximum absolute atomic E-state index is 9.19. The average Bonchev–Trinajstić information content (AvgIpc) is 2.55. The van der Waals surface area contributed by atoms with Gasteiger partial charge in [-0.25, -0.2) is 0 Å². The summed E-state index contributed by atoms with van der Waals surface area (Å²) in [6.07, 6.45) is 7.38. The third kappa shape index (κ3) is 4.99. The first-order valence-corrected chi connectivity index (χ1v) is 8.53. The number of nitrogens with zero attached hydrogens (tertiary/aromatic N) is 1. The lowest BCUT2D eigenvalue weighted by molar-refractivity contribution is 0.180. The molecule has 122 valence electrons. The number of phenolic OH excluding ortho intramolecular Hbond substituents is 1. The van der Waals surface area contributed by atoms with Crippen LogP contribution in [0.5, 0.6) is 5.75 Å². The molecule has 2 aromatic carbocycles. The minimum atomic E-state index is 0.247. The number of benzene rings is 2. The summed E-state index contributed by atoms with van der Waals surface area (Å²) in [6, 6.07) is 12.5. The van der Waals surface area contributed by atoms with Crippen LogP contribution in [-0.2, 0) is 0 Å². The molecule has 0 unspecified atom stereocenters. The Morgan fingerprint density at radius 2 is 1.57 bits per heavy atom. The fourth-order valence-electron chi connectivity index (χ4n) is 3.27. The number of nitriles is 1. The summed E-state index contributed by atoms with van der Waals surface area (Å²) in [4.78, 5) is 0. The van der Waals surface area contributed by atoms with E-state index in [4.69, 9.17) is 5.26 Å². The smallest absolute Gasteiger partial charge is 0.116 e. The Hall–Kier alpha value is -2.01. The highest BCUT2D eigenvalue weighted by atomic mass is 16.3. The van der Waals surface area contributed by atoms with E-state index in [0.29, 0.717) is 11.0 Å². The minimum Gasteiger partial charge on any atom is -0.508 e. The van der Waals surface area contributed by atoms with Crippen molar-refractivity contribution in [1.29, 1.82) is 5.26 Å². The van der Waals surface area contributed by atoms with Crippen LogP contribution >= 0.6 is 0 Å². The van der Waals surface area contributed by atoms with Crippen molar-refractivity contribution in [2.24, 2.45) is 11.3 Å². The highest BCUT2D eigenvalue weighted by Gasteiger charge is 2.25. The fourth-order valence-corrected chi connectivity index (χ4v) is 3.27. The van der Waals surface area contributed by atoms with Gasteiger partial charge in [0.25, 0.3) is 0 Å². The summed E-state index contributed by atoms with van der Waals surface area (Å²) in [5, 5.41) is 19.8. The van der Waals surface area contributed by atoms with Crippen LogP contribution in [0.3, 0.4) is 0 Å². The monoisotopic (exact) mass is 309 g/mol. The molecule has 2 aromatic rings. The van der Waals surface area contributed by atoms with Gasteiger partial charge in [0.15, 0.2) is 0 Å². The van der Waals surface area contributed by atoms with Crippen molar-refractivity contribution in [2.45, 2.75) is 52.9 Å². The molecule has 0 amide bonds. The van der Waals surface area contributed by atoms with E-state index < -0.39 is 0 Å². The summed E-state index contributed by atoms with van der Waals surface area (Å²) in [5.41, 5.74) is 1.21. The lowest BCUT2D eigenvalue weighted by Crippen LogP contribution is -2.22. The second kappa shape index (κ2) is 7.51. The van der Waals surface area contributed by atoms with Gasteiger partial charge in [-0.3, -0.25) is 0 Å². The molecule has 3 rings (SSSR count). The quantitative estimate of drug-likeness (QED) is 0.645. The van der Waals surface area contributed by atoms with E-state index in [2.05, 4.69) is 26.8 Å². The van der Waals surface area contributed by atoms with Crippen LogP contribution in [-0.4, -0.2) is 5.11 Å². The SMILES string of the molecule is CC(C)(C)C1CCCCC1.N#Cc1ccc2cc(O)ccc2c1. The number of aromatic hydroxyl groups is 1. The second-order valence-electron chi connectivity index (χ2n) is 7.56. The molecule has 0 spiro atoms. The van der Waals surface area contributed by atoms with E-state index in [1.807, 2.05) is 6.07 Å². The van der Waals surface area contributed by atoms with Gasteiger partial charge >= 0.3 is 0 Å². The standard InChI is InChI=1S/C11H7NO.C10H20/c12-7-8-1-2-10-6-11(13)4-3-9(10)5-8;1-10(2,3)9-7-5-4-6-8-9/h1-6,13H;9H,4-8H2,1-3H3. The van der Waals surface area contributed by atoms with Crippen LogP contribution in [0.25, 0.3) is 10.8 Å². The number of rotatable bonds is 0. The molecule has 0 radical (unpaired) electrons.